The highest BCUT2D eigenvalue weighted by Crippen LogP contribution is 2.54. The minimum absolute atomic E-state index is 0.143. The Hall–Kier alpha value is -2.95. The maximum absolute atomic E-state index is 6.97. The highest BCUT2D eigenvalue weighted by atomic mass is 32.1. The number of fused-ring (bicyclic) bond motifs is 7. The predicted octanol–water partition coefficient (Wildman–Crippen LogP) is 8.92. The summed E-state index contributed by atoms with van der Waals surface area (Å²) in [5, 5.41) is 8.67. The van der Waals surface area contributed by atoms with Gasteiger partial charge >= 0.3 is 0 Å². The maximum Gasteiger partial charge on any atom is 0.228 e. The van der Waals surface area contributed by atoms with Gasteiger partial charge in [0.1, 0.15) is 18.5 Å². The molecular formula is C30H26NOS2+. The van der Waals surface area contributed by atoms with Gasteiger partial charge in [0.2, 0.25) is 5.69 Å². The van der Waals surface area contributed by atoms with Gasteiger partial charge in [-0.1, -0.05) is 45.0 Å². The van der Waals surface area contributed by atoms with E-state index >= 15 is 0 Å². The first-order valence-corrected chi connectivity index (χ1v) is 13.5. The van der Waals surface area contributed by atoms with Gasteiger partial charge in [0.05, 0.1) is 15.6 Å². The van der Waals surface area contributed by atoms with Crippen LogP contribution in [0, 0.1) is 12.3 Å². The largest absolute Gasteiger partial charge is 0.455 e. The summed E-state index contributed by atoms with van der Waals surface area (Å²) < 4.78 is 13.4. The van der Waals surface area contributed by atoms with E-state index < -0.39 is 0 Å². The molecular weight excluding hydrogens is 454 g/mol. The third-order valence-corrected chi connectivity index (χ3v) is 9.39. The zero-order valence-electron chi connectivity index (χ0n) is 20.1. The summed E-state index contributed by atoms with van der Waals surface area (Å²) >= 11 is 3.73. The lowest BCUT2D eigenvalue weighted by Gasteiger charge is -2.28. The lowest BCUT2D eigenvalue weighted by molar-refractivity contribution is -0.659. The summed E-state index contributed by atoms with van der Waals surface area (Å²) in [6.07, 6.45) is 3.18. The Labute approximate surface area is 207 Å². The van der Waals surface area contributed by atoms with Crippen LogP contribution in [0.15, 0.2) is 54.0 Å². The molecule has 0 spiro atoms. The first-order chi connectivity index (χ1) is 16.3. The summed E-state index contributed by atoms with van der Waals surface area (Å²) in [5.74, 6) is 2.03. The van der Waals surface area contributed by atoms with Crippen molar-refractivity contribution in [2.75, 3.05) is 0 Å². The van der Waals surface area contributed by atoms with Crippen LogP contribution in [0.3, 0.4) is 0 Å². The average molecular weight is 481 g/mol. The topological polar surface area (TPSA) is 13.1 Å². The number of ether oxygens (including phenoxy) is 1. The molecule has 0 unspecified atom stereocenters. The molecule has 0 N–H and O–H groups in total. The summed E-state index contributed by atoms with van der Waals surface area (Å²) in [6, 6.07) is 15.6. The van der Waals surface area contributed by atoms with Gasteiger partial charge in [0.25, 0.3) is 0 Å². The first-order valence-electron chi connectivity index (χ1n) is 11.8. The SMILES string of the molecule is Cc1c2c(c(CC(C)(C)C)c3ccccc13)Oc1cc3c4sccc4sc3c3cc[n+](C)c-2c13. The number of pyridine rings is 1. The lowest BCUT2D eigenvalue weighted by Crippen LogP contribution is -2.32. The van der Waals surface area contributed by atoms with E-state index in [0.717, 1.165) is 17.9 Å². The van der Waals surface area contributed by atoms with Crippen LogP contribution in [0.4, 0.5) is 0 Å². The van der Waals surface area contributed by atoms with Crippen molar-refractivity contribution in [2.45, 2.75) is 34.1 Å². The lowest BCUT2D eigenvalue weighted by atomic mass is 9.82. The van der Waals surface area contributed by atoms with Crippen LogP contribution in [0.5, 0.6) is 11.5 Å². The molecule has 168 valence electrons. The van der Waals surface area contributed by atoms with Gasteiger partial charge in [-0.25, -0.2) is 4.57 Å². The third-order valence-electron chi connectivity index (χ3n) is 7.11. The second-order valence-corrected chi connectivity index (χ2v) is 12.7. The number of thiophene rings is 2. The molecule has 4 heteroatoms. The van der Waals surface area contributed by atoms with Crippen LogP contribution in [0.2, 0.25) is 0 Å². The van der Waals surface area contributed by atoms with Crippen molar-refractivity contribution in [1.82, 2.24) is 0 Å². The number of aromatic nitrogens is 1. The molecule has 6 aromatic rings. The monoisotopic (exact) mass is 480 g/mol. The highest BCUT2D eigenvalue weighted by molar-refractivity contribution is 7.32. The molecule has 2 nitrogen and oxygen atoms in total. The molecule has 4 heterocycles. The molecule has 0 amide bonds. The van der Waals surface area contributed by atoms with Crippen LogP contribution < -0.4 is 9.30 Å². The third kappa shape index (κ3) is 2.70. The van der Waals surface area contributed by atoms with Crippen molar-refractivity contribution in [1.29, 1.82) is 0 Å². The molecule has 0 atom stereocenters. The van der Waals surface area contributed by atoms with Crippen LogP contribution >= 0.6 is 22.7 Å². The molecule has 0 saturated carbocycles. The van der Waals surface area contributed by atoms with Gasteiger partial charge in [-0.2, -0.15) is 0 Å². The number of benzene rings is 3. The molecule has 0 radical (unpaired) electrons. The van der Waals surface area contributed by atoms with Crippen molar-refractivity contribution in [2.24, 2.45) is 12.5 Å². The second-order valence-electron chi connectivity index (χ2n) is 10.7. The van der Waals surface area contributed by atoms with E-state index in [1.165, 1.54) is 63.4 Å². The molecule has 0 fully saturated rings. The Balaban J connectivity index is 1.68. The van der Waals surface area contributed by atoms with Crippen LogP contribution in [-0.4, -0.2) is 0 Å². The molecule has 0 bridgehead atoms. The van der Waals surface area contributed by atoms with Crippen molar-refractivity contribution < 1.29 is 9.30 Å². The Morgan fingerprint density at radius 2 is 1.74 bits per heavy atom. The van der Waals surface area contributed by atoms with Gasteiger partial charge in [0.15, 0.2) is 6.20 Å². The Morgan fingerprint density at radius 3 is 2.53 bits per heavy atom. The Bertz CT molecular complexity index is 1810. The van der Waals surface area contributed by atoms with E-state index in [2.05, 4.69) is 93.4 Å². The van der Waals surface area contributed by atoms with Gasteiger partial charge in [-0.15, -0.1) is 22.7 Å². The van der Waals surface area contributed by atoms with Gasteiger partial charge in [0, 0.05) is 31.8 Å². The number of hydrogen-bond donors (Lipinski definition) is 0. The van der Waals surface area contributed by atoms with E-state index in [1.807, 2.05) is 22.7 Å². The van der Waals surface area contributed by atoms with Crippen molar-refractivity contribution >= 4 is 63.7 Å². The zero-order chi connectivity index (χ0) is 23.4. The fraction of sp³-hybridized carbons (Fsp3) is 0.233. The summed E-state index contributed by atoms with van der Waals surface area (Å²) in [5.41, 5.74) is 5.27. The van der Waals surface area contributed by atoms with Crippen molar-refractivity contribution in [3.63, 3.8) is 0 Å². The highest BCUT2D eigenvalue weighted by Gasteiger charge is 2.34. The van der Waals surface area contributed by atoms with E-state index in [4.69, 9.17) is 4.74 Å². The van der Waals surface area contributed by atoms with E-state index in [9.17, 15) is 0 Å². The molecule has 0 saturated heterocycles. The maximum atomic E-state index is 6.97. The fourth-order valence-corrected chi connectivity index (χ4v) is 8.05. The summed E-state index contributed by atoms with van der Waals surface area (Å²) in [7, 11) is 2.17. The molecule has 1 aliphatic rings. The first kappa shape index (κ1) is 20.4. The molecule has 1 aliphatic heterocycles. The molecule has 0 aliphatic carbocycles. The normalized spacial score (nSPS) is 13.2. The van der Waals surface area contributed by atoms with Crippen LogP contribution in [0.25, 0.3) is 52.3 Å². The smallest absolute Gasteiger partial charge is 0.228 e. The van der Waals surface area contributed by atoms with Gasteiger partial charge in [-0.3, -0.25) is 0 Å². The number of nitrogens with zero attached hydrogens (tertiary/aromatic N) is 1. The van der Waals surface area contributed by atoms with E-state index in [0.29, 0.717) is 0 Å². The molecule has 3 aromatic carbocycles. The fourth-order valence-electron chi connectivity index (χ4n) is 5.71. The van der Waals surface area contributed by atoms with Gasteiger partial charge < -0.3 is 4.74 Å². The van der Waals surface area contributed by atoms with Crippen molar-refractivity contribution in [3.8, 4) is 22.8 Å². The molecule has 7 rings (SSSR count). The minimum Gasteiger partial charge on any atom is -0.455 e. The van der Waals surface area contributed by atoms with Gasteiger partial charge in [-0.05, 0) is 52.6 Å². The van der Waals surface area contributed by atoms with E-state index in [-0.39, 0.29) is 5.41 Å². The van der Waals surface area contributed by atoms with Crippen LogP contribution in [0.1, 0.15) is 31.9 Å². The summed E-state index contributed by atoms with van der Waals surface area (Å²) in [6.45, 7) is 9.20. The Morgan fingerprint density at radius 1 is 0.941 bits per heavy atom. The molecule has 3 aromatic heterocycles. The van der Waals surface area contributed by atoms with Crippen LogP contribution in [-0.2, 0) is 13.5 Å². The van der Waals surface area contributed by atoms with E-state index in [1.54, 1.807) is 0 Å². The number of rotatable bonds is 1. The second kappa shape index (κ2) is 6.80. The predicted molar refractivity (Wildman–Crippen MR) is 147 cm³/mol. The summed E-state index contributed by atoms with van der Waals surface area (Å²) in [4.78, 5) is 0. The average Bonchev–Trinajstić information content (AvgIpc) is 3.39. The minimum atomic E-state index is 0.143. The Kier molecular flexibility index (Phi) is 4.09. The number of aryl methyl sites for hydroxylation is 2. The molecule has 34 heavy (non-hydrogen) atoms. The zero-order valence-corrected chi connectivity index (χ0v) is 21.7. The number of hydrogen-bond acceptors (Lipinski definition) is 3. The van der Waals surface area contributed by atoms with Crippen molar-refractivity contribution in [3.05, 3.63) is 65.2 Å². The quantitative estimate of drug-likeness (QED) is 0.214. The standard InChI is InChI=1S/C30H26NOS2/c1-16-17-8-6-7-9-18(17)21(15-30(2,3)4)27-24(16)26-25-19(10-12-31(26)5)28-20(14-22(25)32-27)29-23(34-28)11-13-33-29/h6-14H,15H2,1-5H3/q+1.